The lowest BCUT2D eigenvalue weighted by Gasteiger charge is -2.45. The minimum absolute atomic E-state index is 0.315. The van der Waals surface area contributed by atoms with Gasteiger partial charge in [0.2, 0.25) is 0 Å². The Bertz CT molecular complexity index is 278. The Hall–Kier alpha value is -0.120. The number of likely N-dealkylation sites (N-methyl/N-ethyl adjacent to an activating group) is 1. The van der Waals surface area contributed by atoms with Gasteiger partial charge in [0.25, 0.3) is 0 Å². The van der Waals surface area contributed by atoms with E-state index in [0.29, 0.717) is 23.6 Å². The van der Waals surface area contributed by atoms with Gasteiger partial charge in [0.1, 0.15) is 0 Å². The van der Waals surface area contributed by atoms with Crippen molar-refractivity contribution in [3.8, 4) is 0 Å². The smallest absolute Gasteiger partial charge is 0.0596 e. The maximum atomic E-state index is 6.38. The molecule has 3 nitrogen and oxygen atoms in total. The van der Waals surface area contributed by atoms with Gasteiger partial charge in [-0.2, -0.15) is 0 Å². The molecule has 0 bridgehead atoms. The predicted octanol–water partition coefficient (Wildman–Crippen LogP) is 3.28. The second-order valence-electron chi connectivity index (χ2n) is 7.48. The number of rotatable bonds is 7. The molecule has 1 fully saturated rings. The molecule has 0 aromatic carbocycles. The summed E-state index contributed by atoms with van der Waals surface area (Å²) in [4.78, 5) is 2.42. The SMILES string of the molecule is CCC(C)(C)C1CCC(N)C(N(C)CCOC(C)C)C1. The quantitative estimate of drug-likeness (QED) is 0.780. The van der Waals surface area contributed by atoms with E-state index in [1.165, 1.54) is 19.3 Å². The van der Waals surface area contributed by atoms with Crippen molar-refractivity contribution >= 4 is 0 Å². The molecule has 0 spiro atoms. The first-order chi connectivity index (χ1) is 9.27. The van der Waals surface area contributed by atoms with E-state index in [4.69, 9.17) is 10.5 Å². The normalized spacial score (nSPS) is 28.4. The van der Waals surface area contributed by atoms with Crippen molar-refractivity contribution in [2.24, 2.45) is 17.1 Å². The van der Waals surface area contributed by atoms with Crippen LogP contribution in [0.4, 0.5) is 0 Å². The Morgan fingerprint density at radius 3 is 2.50 bits per heavy atom. The predicted molar refractivity (Wildman–Crippen MR) is 86.9 cm³/mol. The molecule has 120 valence electrons. The van der Waals surface area contributed by atoms with Gasteiger partial charge in [0.05, 0.1) is 12.7 Å². The monoisotopic (exact) mass is 284 g/mol. The molecule has 0 saturated heterocycles. The highest BCUT2D eigenvalue weighted by Gasteiger charge is 2.37. The molecule has 0 heterocycles. The van der Waals surface area contributed by atoms with Crippen LogP contribution in [-0.2, 0) is 4.74 Å². The molecule has 3 heteroatoms. The lowest BCUT2D eigenvalue weighted by atomic mass is 9.67. The second-order valence-corrected chi connectivity index (χ2v) is 7.48. The Balaban J connectivity index is 2.53. The summed E-state index contributed by atoms with van der Waals surface area (Å²) in [5, 5.41) is 0. The van der Waals surface area contributed by atoms with Crippen LogP contribution in [0, 0.1) is 11.3 Å². The molecule has 0 aromatic rings. The third kappa shape index (κ3) is 5.01. The van der Waals surface area contributed by atoms with E-state index in [0.717, 1.165) is 25.5 Å². The van der Waals surface area contributed by atoms with Crippen LogP contribution in [0.15, 0.2) is 0 Å². The number of nitrogens with zero attached hydrogens (tertiary/aromatic N) is 1. The van der Waals surface area contributed by atoms with Crippen LogP contribution < -0.4 is 5.73 Å². The van der Waals surface area contributed by atoms with Crippen LogP contribution in [0.3, 0.4) is 0 Å². The van der Waals surface area contributed by atoms with Crippen LogP contribution in [0.2, 0.25) is 0 Å². The maximum absolute atomic E-state index is 6.38. The van der Waals surface area contributed by atoms with Gasteiger partial charge >= 0.3 is 0 Å². The Morgan fingerprint density at radius 2 is 1.95 bits per heavy atom. The standard InChI is InChI=1S/C17H36N2O/c1-7-17(4,5)14-8-9-15(18)16(12-14)19(6)10-11-20-13(2)3/h13-16H,7-12,18H2,1-6H3. The Labute approximate surface area is 126 Å². The van der Waals surface area contributed by atoms with Crippen molar-refractivity contribution in [3.05, 3.63) is 0 Å². The van der Waals surface area contributed by atoms with E-state index in [1.54, 1.807) is 0 Å². The molecule has 1 rings (SSSR count). The molecule has 1 aliphatic carbocycles. The molecular formula is C17H36N2O. The van der Waals surface area contributed by atoms with Gasteiger partial charge in [-0.3, -0.25) is 4.90 Å². The zero-order valence-corrected chi connectivity index (χ0v) is 14.5. The Kier molecular flexibility index (Phi) is 6.96. The molecule has 0 radical (unpaired) electrons. The van der Waals surface area contributed by atoms with Gasteiger partial charge in [-0.25, -0.2) is 0 Å². The van der Waals surface area contributed by atoms with Crippen molar-refractivity contribution in [1.29, 1.82) is 0 Å². The molecule has 0 amide bonds. The first-order valence-electron chi connectivity index (χ1n) is 8.35. The highest BCUT2D eigenvalue weighted by atomic mass is 16.5. The van der Waals surface area contributed by atoms with E-state index < -0.39 is 0 Å². The molecular weight excluding hydrogens is 248 g/mol. The molecule has 0 aliphatic heterocycles. The number of hydrogen-bond donors (Lipinski definition) is 1. The summed E-state index contributed by atoms with van der Waals surface area (Å²) in [5.74, 6) is 0.797. The molecule has 20 heavy (non-hydrogen) atoms. The van der Waals surface area contributed by atoms with Gasteiger partial charge in [0, 0.05) is 18.6 Å². The number of hydrogen-bond acceptors (Lipinski definition) is 3. The topological polar surface area (TPSA) is 38.5 Å². The van der Waals surface area contributed by atoms with E-state index in [2.05, 4.69) is 46.6 Å². The van der Waals surface area contributed by atoms with Crippen LogP contribution in [0.25, 0.3) is 0 Å². The lowest BCUT2D eigenvalue weighted by Crippen LogP contribution is -2.52. The summed E-state index contributed by atoms with van der Waals surface area (Å²) in [6, 6.07) is 0.832. The van der Waals surface area contributed by atoms with Crippen molar-refractivity contribution in [1.82, 2.24) is 4.90 Å². The maximum Gasteiger partial charge on any atom is 0.0596 e. The van der Waals surface area contributed by atoms with Crippen molar-refractivity contribution < 1.29 is 4.74 Å². The van der Waals surface area contributed by atoms with Crippen LogP contribution in [-0.4, -0.2) is 43.3 Å². The second kappa shape index (κ2) is 7.77. The Morgan fingerprint density at radius 1 is 1.30 bits per heavy atom. The van der Waals surface area contributed by atoms with Gasteiger partial charge in [-0.05, 0) is 51.5 Å². The fraction of sp³-hybridized carbons (Fsp3) is 1.00. The van der Waals surface area contributed by atoms with Crippen molar-refractivity contribution in [2.45, 2.75) is 78.5 Å². The molecule has 2 N–H and O–H groups in total. The lowest BCUT2D eigenvalue weighted by molar-refractivity contribution is 0.0313. The molecule has 0 aromatic heterocycles. The summed E-state index contributed by atoms with van der Waals surface area (Å²) < 4.78 is 5.67. The largest absolute Gasteiger partial charge is 0.377 e. The fourth-order valence-corrected chi connectivity index (χ4v) is 3.27. The summed E-state index contributed by atoms with van der Waals surface area (Å²) in [6.07, 6.45) is 5.25. The zero-order chi connectivity index (χ0) is 15.3. The summed E-state index contributed by atoms with van der Waals surface area (Å²) in [5.41, 5.74) is 6.81. The van der Waals surface area contributed by atoms with Crippen molar-refractivity contribution in [3.63, 3.8) is 0 Å². The van der Waals surface area contributed by atoms with Crippen LogP contribution in [0.5, 0.6) is 0 Å². The van der Waals surface area contributed by atoms with Gasteiger partial charge in [-0.15, -0.1) is 0 Å². The molecule has 3 unspecified atom stereocenters. The van der Waals surface area contributed by atoms with E-state index in [-0.39, 0.29) is 0 Å². The highest BCUT2D eigenvalue weighted by Crippen LogP contribution is 2.41. The minimum Gasteiger partial charge on any atom is -0.377 e. The first-order valence-corrected chi connectivity index (χ1v) is 8.35. The van der Waals surface area contributed by atoms with Gasteiger partial charge < -0.3 is 10.5 Å². The molecule has 1 aliphatic rings. The number of ether oxygens (including phenoxy) is 1. The molecule has 1 saturated carbocycles. The third-order valence-corrected chi connectivity index (χ3v) is 5.35. The summed E-state index contributed by atoms with van der Waals surface area (Å²) in [7, 11) is 2.20. The van der Waals surface area contributed by atoms with Gasteiger partial charge in [0.15, 0.2) is 0 Å². The zero-order valence-electron chi connectivity index (χ0n) is 14.5. The fourth-order valence-electron chi connectivity index (χ4n) is 3.27. The highest BCUT2D eigenvalue weighted by molar-refractivity contribution is 4.92. The van der Waals surface area contributed by atoms with Crippen LogP contribution >= 0.6 is 0 Å². The summed E-state index contributed by atoms with van der Waals surface area (Å²) >= 11 is 0. The van der Waals surface area contributed by atoms with Crippen LogP contribution in [0.1, 0.15) is 60.3 Å². The average molecular weight is 284 g/mol. The number of nitrogens with two attached hydrogens (primary N) is 1. The van der Waals surface area contributed by atoms with Gasteiger partial charge in [-0.1, -0.05) is 27.2 Å². The van der Waals surface area contributed by atoms with E-state index in [1.807, 2.05) is 0 Å². The first kappa shape index (κ1) is 17.9. The minimum atomic E-state index is 0.315. The summed E-state index contributed by atoms with van der Waals surface area (Å²) in [6.45, 7) is 13.1. The van der Waals surface area contributed by atoms with Crippen molar-refractivity contribution in [2.75, 3.05) is 20.2 Å². The van der Waals surface area contributed by atoms with E-state index >= 15 is 0 Å². The average Bonchev–Trinajstić information content (AvgIpc) is 2.38. The molecule has 3 atom stereocenters. The van der Waals surface area contributed by atoms with E-state index in [9.17, 15) is 0 Å². The third-order valence-electron chi connectivity index (χ3n) is 5.35.